The molecule has 0 aromatic heterocycles. The summed E-state index contributed by atoms with van der Waals surface area (Å²) in [4.78, 5) is 14.8. The third kappa shape index (κ3) is 5.16. The molecule has 31 heavy (non-hydrogen) atoms. The molecule has 1 fully saturated rings. The Hall–Kier alpha value is -3.51. The van der Waals surface area contributed by atoms with Gasteiger partial charge in [0.2, 0.25) is 0 Å². The van der Waals surface area contributed by atoms with E-state index >= 15 is 0 Å². The van der Waals surface area contributed by atoms with Gasteiger partial charge in [0.15, 0.2) is 0 Å². The van der Waals surface area contributed by atoms with E-state index in [2.05, 4.69) is 15.4 Å². The Morgan fingerprint density at radius 2 is 1.42 bits per heavy atom. The smallest absolute Gasteiger partial charge is 0.271 e. The maximum absolute atomic E-state index is 13.5. The molecule has 0 radical (unpaired) electrons. The lowest BCUT2D eigenvalue weighted by Crippen LogP contribution is -2.36. The molecule has 1 saturated heterocycles. The highest BCUT2D eigenvalue weighted by Crippen LogP contribution is 2.19. The summed E-state index contributed by atoms with van der Waals surface area (Å²) in [5, 5.41) is 4.40. The van der Waals surface area contributed by atoms with Gasteiger partial charge in [-0.15, -0.1) is 0 Å². The third-order valence-electron chi connectivity index (χ3n) is 5.22. The molecule has 0 unspecified atom stereocenters. The van der Waals surface area contributed by atoms with E-state index in [1.165, 1.54) is 12.1 Å². The number of aryl methyl sites for hydroxylation is 1. The number of ether oxygens (including phenoxy) is 1. The summed E-state index contributed by atoms with van der Waals surface area (Å²) in [6.07, 6.45) is 0. The van der Waals surface area contributed by atoms with Crippen LogP contribution in [0.15, 0.2) is 77.9 Å². The average Bonchev–Trinajstić information content (AvgIpc) is 2.81. The van der Waals surface area contributed by atoms with Gasteiger partial charge in [0.1, 0.15) is 5.82 Å². The summed E-state index contributed by atoms with van der Waals surface area (Å²) < 4.78 is 18.9. The molecule has 1 aliphatic heterocycles. The Labute approximate surface area is 181 Å². The summed E-state index contributed by atoms with van der Waals surface area (Å²) in [7, 11) is 0. The van der Waals surface area contributed by atoms with Crippen LogP contribution in [0.1, 0.15) is 27.0 Å². The largest absolute Gasteiger partial charge is 0.378 e. The molecule has 4 rings (SSSR count). The van der Waals surface area contributed by atoms with Gasteiger partial charge in [-0.3, -0.25) is 4.79 Å². The number of carbonyl (C=O) groups is 1. The second-order valence-corrected chi connectivity index (χ2v) is 7.42. The number of nitrogens with one attached hydrogen (secondary N) is 1. The van der Waals surface area contributed by atoms with Crippen LogP contribution < -0.4 is 10.3 Å². The number of hydrogen-bond acceptors (Lipinski definition) is 4. The zero-order chi connectivity index (χ0) is 21.6. The first kappa shape index (κ1) is 20.8. The summed E-state index contributed by atoms with van der Waals surface area (Å²) in [6.45, 7) is 5.10. The van der Waals surface area contributed by atoms with E-state index < -0.39 is 0 Å². The highest BCUT2D eigenvalue weighted by atomic mass is 19.1. The number of halogens is 1. The highest BCUT2D eigenvalue weighted by Gasteiger charge is 2.14. The van der Waals surface area contributed by atoms with Gasteiger partial charge in [0, 0.05) is 35.5 Å². The average molecular weight is 417 g/mol. The standard InChI is InChI=1S/C25H24FN3O2/c1-18-2-4-21(5-3-18)25(30)28-27-24(19-6-10-22(26)11-7-19)20-8-12-23(13-9-20)29-14-16-31-17-15-29/h2-13H,14-17H2,1H3,(H,28,30)/b27-24-. The number of amides is 1. The molecule has 0 aliphatic carbocycles. The van der Waals surface area contributed by atoms with Crippen molar-refractivity contribution < 1.29 is 13.9 Å². The van der Waals surface area contributed by atoms with Crippen LogP contribution in [-0.4, -0.2) is 37.9 Å². The lowest BCUT2D eigenvalue weighted by molar-refractivity contribution is 0.0955. The number of nitrogens with zero attached hydrogens (tertiary/aromatic N) is 2. The van der Waals surface area contributed by atoms with E-state index in [1.54, 1.807) is 24.3 Å². The normalized spacial score (nSPS) is 14.4. The van der Waals surface area contributed by atoms with Gasteiger partial charge in [0.25, 0.3) is 5.91 Å². The fraction of sp³-hybridized carbons (Fsp3) is 0.200. The molecule has 1 heterocycles. The van der Waals surface area contributed by atoms with Gasteiger partial charge in [-0.2, -0.15) is 5.10 Å². The maximum atomic E-state index is 13.5. The van der Waals surface area contributed by atoms with Crippen LogP contribution >= 0.6 is 0 Å². The number of hydrogen-bond donors (Lipinski definition) is 1. The molecule has 3 aromatic rings. The third-order valence-corrected chi connectivity index (χ3v) is 5.22. The van der Waals surface area contributed by atoms with Crippen molar-refractivity contribution in [3.8, 4) is 0 Å². The summed E-state index contributed by atoms with van der Waals surface area (Å²) in [5.41, 5.74) is 7.45. The zero-order valence-electron chi connectivity index (χ0n) is 17.3. The van der Waals surface area contributed by atoms with E-state index in [0.29, 0.717) is 16.8 Å². The van der Waals surface area contributed by atoms with Crippen LogP contribution in [0.4, 0.5) is 10.1 Å². The van der Waals surface area contributed by atoms with E-state index in [-0.39, 0.29) is 11.7 Å². The van der Waals surface area contributed by atoms with Crippen LogP contribution in [0.5, 0.6) is 0 Å². The van der Waals surface area contributed by atoms with Crippen molar-refractivity contribution in [3.05, 3.63) is 101 Å². The van der Waals surface area contributed by atoms with E-state index in [1.807, 2.05) is 43.3 Å². The van der Waals surface area contributed by atoms with Crippen molar-refractivity contribution in [2.24, 2.45) is 5.10 Å². The van der Waals surface area contributed by atoms with Crippen molar-refractivity contribution in [1.82, 2.24) is 5.43 Å². The van der Waals surface area contributed by atoms with Crippen molar-refractivity contribution in [3.63, 3.8) is 0 Å². The lowest BCUT2D eigenvalue weighted by atomic mass is 10.0. The minimum absolute atomic E-state index is 0.301. The SMILES string of the molecule is Cc1ccc(C(=O)N/N=C(/c2ccc(F)cc2)c2ccc(N3CCOCC3)cc2)cc1. The summed E-state index contributed by atoms with van der Waals surface area (Å²) >= 11 is 0. The van der Waals surface area contributed by atoms with Crippen LogP contribution in [-0.2, 0) is 4.74 Å². The van der Waals surface area contributed by atoms with Gasteiger partial charge >= 0.3 is 0 Å². The van der Waals surface area contributed by atoms with Crippen molar-refractivity contribution in [2.45, 2.75) is 6.92 Å². The van der Waals surface area contributed by atoms with Crippen LogP contribution in [0.3, 0.4) is 0 Å². The van der Waals surface area contributed by atoms with E-state index in [9.17, 15) is 9.18 Å². The molecule has 3 aromatic carbocycles. The number of carbonyl (C=O) groups excluding carboxylic acids is 1. The first-order valence-corrected chi connectivity index (χ1v) is 10.2. The van der Waals surface area contributed by atoms with Crippen LogP contribution in [0.2, 0.25) is 0 Å². The molecule has 1 amide bonds. The van der Waals surface area contributed by atoms with Gasteiger partial charge in [-0.25, -0.2) is 9.82 Å². The Kier molecular flexibility index (Phi) is 6.38. The van der Waals surface area contributed by atoms with Crippen molar-refractivity contribution in [2.75, 3.05) is 31.2 Å². The van der Waals surface area contributed by atoms with Gasteiger partial charge in [-0.1, -0.05) is 29.8 Å². The minimum Gasteiger partial charge on any atom is -0.378 e. The number of hydrazone groups is 1. The summed E-state index contributed by atoms with van der Waals surface area (Å²) in [6, 6.07) is 21.3. The van der Waals surface area contributed by atoms with E-state index in [0.717, 1.165) is 43.1 Å². The van der Waals surface area contributed by atoms with Gasteiger partial charge in [0.05, 0.1) is 18.9 Å². The molecule has 0 saturated carbocycles. The molecule has 1 N–H and O–H groups in total. The lowest BCUT2D eigenvalue weighted by Gasteiger charge is -2.29. The molecule has 0 spiro atoms. The van der Waals surface area contributed by atoms with Crippen LogP contribution in [0, 0.1) is 12.7 Å². The number of rotatable bonds is 5. The molecular formula is C25H24FN3O2. The highest BCUT2D eigenvalue weighted by molar-refractivity contribution is 6.13. The molecule has 0 atom stereocenters. The second-order valence-electron chi connectivity index (χ2n) is 7.42. The minimum atomic E-state index is -0.325. The predicted octanol–water partition coefficient (Wildman–Crippen LogP) is 4.15. The molecule has 158 valence electrons. The topological polar surface area (TPSA) is 53.9 Å². The first-order chi connectivity index (χ1) is 15.1. The van der Waals surface area contributed by atoms with Gasteiger partial charge < -0.3 is 9.64 Å². The molecular weight excluding hydrogens is 393 g/mol. The first-order valence-electron chi connectivity index (χ1n) is 10.2. The fourth-order valence-corrected chi connectivity index (χ4v) is 3.43. The van der Waals surface area contributed by atoms with Crippen molar-refractivity contribution >= 4 is 17.3 Å². The van der Waals surface area contributed by atoms with E-state index in [4.69, 9.17) is 4.74 Å². The quantitative estimate of drug-likeness (QED) is 0.501. The number of benzene rings is 3. The number of morpholine rings is 1. The Balaban J connectivity index is 1.61. The second kappa shape index (κ2) is 9.53. The molecule has 5 nitrogen and oxygen atoms in total. The Morgan fingerprint density at radius 3 is 2.03 bits per heavy atom. The Morgan fingerprint density at radius 1 is 0.871 bits per heavy atom. The molecule has 1 aliphatic rings. The van der Waals surface area contributed by atoms with Crippen LogP contribution in [0.25, 0.3) is 0 Å². The maximum Gasteiger partial charge on any atom is 0.271 e. The van der Waals surface area contributed by atoms with Gasteiger partial charge in [-0.05, 0) is 55.5 Å². The van der Waals surface area contributed by atoms with Crippen molar-refractivity contribution in [1.29, 1.82) is 0 Å². The molecule has 6 heteroatoms. The fourth-order valence-electron chi connectivity index (χ4n) is 3.43. The summed E-state index contributed by atoms with van der Waals surface area (Å²) in [5.74, 6) is -0.626. The predicted molar refractivity (Wildman–Crippen MR) is 120 cm³/mol. The monoisotopic (exact) mass is 417 g/mol. The number of anilines is 1. The molecule has 0 bridgehead atoms. The Bertz CT molecular complexity index is 1060. The zero-order valence-corrected chi connectivity index (χ0v) is 17.3.